The van der Waals surface area contributed by atoms with Crippen molar-refractivity contribution in [3.63, 3.8) is 0 Å². The molecule has 1 aromatic carbocycles. The van der Waals surface area contributed by atoms with Crippen LogP contribution in [0.25, 0.3) is 0 Å². The molecule has 2 heterocycles. The molecule has 1 aliphatic heterocycles. The average molecular weight is 480 g/mol. The van der Waals surface area contributed by atoms with Gasteiger partial charge in [-0.15, -0.1) is 0 Å². The minimum absolute atomic E-state index is 0.202. The lowest BCUT2D eigenvalue weighted by atomic mass is 10.2. The molecule has 1 aromatic heterocycles. The predicted molar refractivity (Wildman–Crippen MR) is 115 cm³/mol. The fourth-order valence-corrected chi connectivity index (χ4v) is 3.66. The lowest BCUT2D eigenvalue weighted by molar-refractivity contribution is 0.0526. The molecule has 0 bridgehead atoms. The van der Waals surface area contributed by atoms with Crippen molar-refractivity contribution in [3.8, 4) is 0 Å². The van der Waals surface area contributed by atoms with Gasteiger partial charge in [-0.25, -0.2) is 14.3 Å². The van der Waals surface area contributed by atoms with Gasteiger partial charge in [-0.1, -0.05) is 30.3 Å². The number of hydrogen-bond donors (Lipinski definition) is 0. The number of halogens is 1. The van der Waals surface area contributed by atoms with E-state index in [0.29, 0.717) is 23.6 Å². The summed E-state index contributed by atoms with van der Waals surface area (Å²) in [5.74, 6) is -0.201. The van der Waals surface area contributed by atoms with Gasteiger partial charge in [-0.3, -0.25) is 4.90 Å². The monoisotopic (exact) mass is 479 g/mol. The summed E-state index contributed by atoms with van der Waals surface area (Å²) in [6.07, 6.45) is -0.549. The van der Waals surface area contributed by atoms with Crippen molar-refractivity contribution >= 4 is 33.8 Å². The van der Waals surface area contributed by atoms with Gasteiger partial charge in [0.25, 0.3) is 0 Å². The zero-order chi connectivity index (χ0) is 21.9. The fourth-order valence-electron chi connectivity index (χ4n) is 3.15. The van der Waals surface area contributed by atoms with E-state index in [0.717, 1.165) is 5.56 Å². The molecule has 8 nitrogen and oxygen atoms in total. The zero-order valence-electron chi connectivity index (χ0n) is 17.6. The molecule has 0 fully saturated rings. The molecule has 9 heteroatoms. The largest absolute Gasteiger partial charge is 0.462 e. The van der Waals surface area contributed by atoms with E-state index in [2.05, 4.69) is 21.0 Å². The Morgan fingerprint density at radius 3 is 2.57 bits per heavy atom. The Bertz CT molecular complexity index is 907. The highest BCUT2D eigenvalue weighted by Gasteiger charge is 2.41. The smallest absolute Gasteiger partial charge is 0.416 e. The van der Waals surface area contributed by atoms with Gasteiger partial charge in [0, 0.05) is 0 Å². The first kappa shape index (κ1) is 22.3. The minimum atomic E-state index is -0.675. The maximum Gasteiger partial charge on any atom is 0.416 e. The van der Waals surface area contributed by atoms with Crippen LogP contribution in [0.4, 0.5) is 10.6 Å². The van der Waals surface area contributed by atoms with Crippen molar-refractivity contribution in [3.05, 3.63) is 46.1 Å². The molecule has 0 saturated heterocycles. The van der Waals surface area contributed by atoms with Crippen LogP contribution >= 0.6 is 15.9 Å². The molecule has 2 aromatic rings. The highest BCUT2D eigenvalue weighted by molar-refractivity contribution is 9.10. The van der Waals surface area contributed by atoms with Crippen LogP contribution in [-0.2, 0) is 20.8 Å². The number of anilines is 1. The molecule has 162 valence electrons. The number of hydrogen-bond acceptors (Lipinski definition) is 6. The lowest BCUT2D eigenvalue weighted by Gasteiger charge is -2.24. The topological polar surface area (TPSA) is 82.9 Å². The Morgan fingerprint density at radius 1 is 1.23 bits per heavy atom. The van der Waals surface area contributed by atoms with Crippen molar-refractivity contribution in [1.29, 1.82) is 0 Å². The van der Waals surface area contributed by atoms with E-state index in [1.54, 1.807) is 32.4 Å². The molecule has 3 rings (SSSR count). The fraction of sp³-hybridized carbons (Fsp3) is 0.476. The summed E-state index contributed by atoms with van der Waals surface area (Å²) in [7, 11) is 0. The minimum Gasteiger partial charge on any atom is -0.462 e. The first-order valence-corrected chi connectivity index (χ1v) is 10.6. The van der Waals surface area contributed by atoms with E-state index in [1.807, 2.05) is 30.3 Å². The highest BCUT2D eigenvalue weighted by atomic mass is 79.9. The Kier molecular flexibility index (Phi) is 6.82. The van der Waals surface area contributed by atoms with Crippen molar-refractivity contribution in [2.24, 2.45) is 0 Å². The van der Waals surface area contributed by atoms with Crippen molar-refractivity contribution in [1.82, 2.24) is 9.78 Å². The number of amides is 1. The molecule has 1 amide bonds. The van der Waals surface area contributed by atoms with Crippen LogP contribution in [0, 0.1) is 0 Å². The maximum atomic E-state index is 12.9. The third kappa shape index (κ3) is 5.02. The Hall–Kier alpha value is -2.39. The van der Waals surface area contributed by atoms with Crippen molar-refractivity contribution in [2.45, 2.75) is 45.9 Å². The van der Waals surface area contributed by atoms with Gasteiger partial charge in [0.2, 0.25) is 0 Å². The quantitative estimate of drug-likeness (QED) is 0.573. The second-order valence-corrected chi connectivity index (χ2v) is 8.65. The second-order valence-electron chi connectivity index (χ2n) is 7.90. The molecule has 0 radical (unpaired) electrons. The molecule has 0 aliphatic carbocycles. The summed E-state index contributed by atoms with van der Waals surface area (Å²) in [6, 6.07) is 9.55. The van der Waals surface area contributed by atoms with E-state index >= 15 is 0 Å². The summed E-state index contributed by atoms with van der Waals surface area (Å²) in [5.41, 5.74) is 0.576. The first-order valence-electron chi connectivity index (χ1n) is 9.78. The van der Waals surface area contributed by atoms with Gasteiger partial charge in [-0.2, -0.15) is 5.10 Å². The van der Waals surface area contributed by atoms with Gasteiger partial charge >= 0.3 is 12.1 Å². The maximum absolute atomic E-state index is 12.9. The van der Waals surface area contributed by atoms with Crippen LogP contribution in [0.5, 0.6) is 0 Å². The number of aromatic nitrogens is 2. The molecule has 0 unspecified atom stereocenters. The molecule has 0 spiro atoms. The van der Waals surface area contributed by atoms with Crippen LogP contribution in [-0.4, -0.2) is 47.2 Å². The highest BCUT2D eigenvalue weighted by Crippen LogP contribution is 2.38. The first-order chi connectivity index (χ1) is 14.2. The van der Waals surface area contributed by atoms with E-state index in [-0.39, 0.29) is 24.8 Å². The molecule has 1 aliphatic rings. The van der Waals surface area contributed by atoms with Gasteiger partial charge in [-0.05, 0) is 49.2 Å². The van der Waals surface area contributed by atoms with E-state index < -0.39 is 17.7 Å². The summed E-state index contributed by atoms with van der Waals surface area (Å²) < 4.78 is 18.5. The van der Waals surface area contributed by atoms with Gasteiger partial charge < -0.3 is 14.2 Å². The number of carbonyl (C=O) groups is 2. The zero-order valence-corrected chi connectivity index (χ0v) is 19.1. The third-order valence-corrected chi connectivity index (χ3v) is 4.91. The summed E-state index contributed by atoms with van der Waals surface area (Å²) >= 11 is 3.33. The van der Waals surface area contributed by atoms with E-state index in [1.165, 1.54) is 4.90 Å². The van der Waals surface area contributed by atoms with Crippen LogP contribution in [0.2, 0.25) is 0 Å². The summed E-state index contributed by atoms with van der Waals surface area (Å²) in [5, 5.41) is 4.43. The number of fused-ring (bicyclic) bond motifs is 1. The van der Waals surface area contributed by atoms with E-state index in [4.69, 9.17) is 14.2 Å². The van der Waals surface area contributed by atoms with Gasteiger partial charge in [0.15, 0.2) is 5.82 Å². The number of ether oxygens (including phenoxy) is 3. The molecular weight excluding hydrogens is 454 g/mol. The lowest BCUT2D eigenvalue weighted by Crippen LogP contribution is -2.37. The van der Waals surface area contributed by atoms with Crippen LogP contribution < -0.4 is 4.90 Å². The van der Waals surface area contributed by atoms with Crippen molar-refractivity contribution in [2.75, 3.05) is 24.7 Å². The summed E-state index contributed by atoms with van der Waals surface area (Å²) in [6.45, 7) is 8.35. The second kappa shape index (κ2) is 9.18. The Morgan fingerprint density at radius 2 is 1.93 bits per heavy atom. The molecule has 0 N–H and O–H groups in total. The third-order valence-electron chi connectivity index (χ3n) is 4.35. The number of rotatable bonds is 6. The van der Waals surface area contributed by atoms with Crippen LogP contribution in [0.3, 0.4) is 0 Å². The van der Waals surface area contributed by atoms with Crippen LogP contribution in [0.1, 0.15) is 49.7 Å². The molecule has 1 atom stereocenters. The number of benzene rings is 1. The van der Waals surface area contributed by atoms with Gasteiger partial charge in [0.05, 0.1) is 32.4 Å². The van der Waals surface area contributed by atoms with Crippen LogP contribution in [0.15, 0.2) is 34.9 Å². The Balaban J connectivity index is 1.85. The number of esters is 1. The summed E-state index contributed by atoms with van der Waals surface area (Å²) in [4.78, 5) is 26.8. The van der Waals surface area contributed by atoms with Gasteiger partial charge in [0.1, 0.15) is 15.8 Å². The van der Waals surface area contributed by atoms with E-state index in [9.17, 15) is 9.59 Å². The molecular formula is C21H26BrN3O5. The predicted octanol–water partition coefficient (Wildman–Crippen LogP) is 4.34. The standard InChI is InChI=1S/C21H26BrN3O5/c1-5-29-19(26)16-17(22)23-25-15(13-28-12-14-9-7-6-8-10-14)11-24(18(16)25)20(27)30-21(2,3)4/h6-10,15H,5,11-13H2,1-4H3/t15-/m0/s1. The average Bonchev–Trinajstić information content (AvgIpc) is 3.17. The number of carbonyl (C=O) groups excluding carboxylic acids is 2. The molecule has 0 saturated carbocycles. The van der Waals surface area contributed by atoms with Crippen molar-refractivity contribution < 1.29 is 23.8 Å². The molecule has 30 heavy (non-hydrogen) atoms. The normalized spacial score (nSPS) is 15.8. The Labute approximate surface area is 184 Å². The SMILES string of the molecule is CCOC(=O)c1c(Br)nn2c1N(C(=O)OC(C)(C)C)C[C@H]2COCc1ccccc1. The number of nitrogens with zero attached hydrogens (tertiary/aromatic N) is 3.